The summed E-state index contributed by atoms with van der Waals surface area (Å²) in [5.41, 5.74) is 1.14. The van der Waals surface area contributed by atoms with Gasteiger partial charge in [-0.25, -0.2) is 4.79 Å². The molecular weight excluding hydrogens is 218 g/mol. The van der Waals surface area contributed by atoms with Gasteiger partial charge in [-0.15, -0.1) is 0 Å². The SMILES string of the molecule is CC(=O)CN1C(=O)OCC1Cc1ccccc1. The zero-order valence-electron chi connectivity index (χ0n) is 9.76. The fourth-order valence-corrected chi connectivity index (χ4v) is 1.98. The molecule has 1 heterocycles. The normalized spacial score (nSPS) is 19.2. The molecule has 0 bridgehead atoms. The van der Waals surface area contributed by atoms with Crippen LogP contribution in [0.2, 0.25) is 0 Å². The summed E-state index contributed by atoms with van der Waals surface area (Å²) in [5.74, 6) is -0.0260. The molecule has 0 aliphatic carbocycles. The van der Waals surface area contributed by atoms with E-state index in [1.165, 1.54) is 11.8 Å². The van der Waals surface area contributed by atoms with Crippen molar-refractivity contribution in [3.63, 3.8) is 0 Å². The van der Waals surface area contributed by atoms with E-state index in [9.17, 15) is 9.59 Å². The highest BCUT2D eigenvalue weighted by atomic mass is 16.6. The van der Waals surface area contributed by atoms with Crippen LogP contribution in [0.3, 0.4) is 0 Å². The Morgan fingerprint density at radius 1 is 1.41 bits per heavy atom. The van der Waals surface area contributed by atoms with E-state index in [4.69, 9.17) is 4.74 Å². The van der Waals surface area contributed by atoms with E-state index in [0.29, 0.717) is 6.61 Å². The molecule has 0 radical (unpaired) electrons. The number of benzene rings is 1. The third-order valence-electron chi connectivity index (χ3n) is 2.78. The molecule has 4 heteroatoms. The Kier molecular flexibility index (Phi) is 3.42. The van der Waals surface area contributed by atoms with E-state index in [2.05, 4.69) is 0 Å². The minimum atomic E-state index is -0.388. The summed E-state index contributed by atoms with van der Waals surface area (Å²) in [7, 11) is 0. The maximum Gasteiger partial charge on any atom is 0.410 e. The number of hydrogen-bond donors (Lipinski definition) is 0. The van der Waals surface area contributed by atoms with Gasteiger partial charge < -0.3 is 4.74 Å². The minimum Gasteiger partial charge on any atom is -0.447 e. The Morgan fingerprint density at radius 3 is 2.76 bits per heavy atom. The van der Waals surface area contributed by atoms with Gasteiger partial charge in [-0.2, -0.15) is 0 Å². The van der Waals surface area contributed by atoms with Gasteiger partial charge in [0.05, 0.1) is 12.6 Å². The highest BCUT2D eigenvalue weighted by molar-refractivity contribution is 5.82. The molecule has 0 aromatic heterocycles. The van der Waals surface area contributed by atoms with Crippen molar-refractivity contribution in [3.05, 3.63) is 35.9 Å². The lowest BCUT2D eigenvalue weighted by Gasteiger charge is -2.19. The second kappa shape index (κ2) is 4.99. The Balaban J connectivity index is 2.05. The minimum absolute atomic E-state index is 0.0260. The van der Waals surface area contributed by atoms with E-state index in [1.54, 1.807) is 0 Å². The Bertz CT molecular complexity index is 416. The first-order valence-electron chi connectivity index (χ1n) is 5.63. The van der Waals surface area contributed by atoms with E-state index in [1.807, 2.05) is 30.3 Å². The van der Waals surface area contributed by atoms with Crippen LogP contribution in [-0.4, -0.2) is 36.0 Å². The Morgan fingerprint density at radius 2 is 2.12 bits per heavy atom. The zero-order chi connectivity index (χ0) is 12.3. The number of rotatable bonds is 4. The third kappa shape index (κ3) is 2.84. The van der Waals surface area contributed by atoms with Crippen molar-refractivity contribution in [3.8, 4) is 0 Å². The smallest absolute Gasteiger partial charge is 0.410 e. The molecule has 1 unspecified atom stereocenters. The standard InChI is InChI=1S/C13H15NO3/c1-10(15)8-14-12(9-17-13(14)16)7-11-5-3-2-4-6-11/h2-6,12H,7-9H2,1H3. The average molecular weight is 233 g/mol. The molecule has 2 rings (SSSR count). The number of hydrogen-bond acceptors (Lipinski definition) is 3. The predicted octanol–water partition coefficient (Wildman–Crippen LogP) is 1.64. The van der Waals surface area contributed by atoms with Crippen LogP contribution in [0.1, 0.15) is 12.5 Å². The first kappa shape index (κ1) is 11.6. The van der Waals surface area contributed by atoms with Crippen molar-refractivity contribution in [1.29, 1.82) is 0 Å². The first-order chi connectivity index (χ1) is 8.16. The van der Waals surface area contributed by atoms with Crippen molar-refractivity contribution in [1.82, 2.24) is 4.90 Å². The molecule has 90 valence electrons. The van der Waals surface area contributed by atoms with Crippen LogP contribution in [0.15, 0.2) is 30.3 Å². The molecule has 0 N–H and O–H groups in total. The average Bonchev–Trinajstić information content (AvgIpc) is 2.62. The molecule has 0 spiro atoms. The van der Waals surface area contributed by atoms with E-state index in [0.717, 1.165) is 12.0 Å². The van der Waals surface area contributed by atoms with E-state index >= 15 is 0 Å². The second-order valence-electron chi connectivity index (χ2n) is 4.25. The van der Waals surface area contributed by atoms with Gasteiger partial charge in [-0.05, 0) is 18.9 Å². The number of Topliss-reactive ketones (excluding diaryl/α,β-unsaturated/α-hetero) is 1. The van der Waals surface area contributed by atoms with Crippen LogP contribution in [0, 0.1) is 0 Å². The van der Waals surface area contributed by atoms with Crippen LogP contribution in [0.4, 0.5) is 4.79 Å². The van der Waals surface area contributed by atoms with Crippen LogP contribution in [0.25, 0.3) is 0 Å². The predicted molar refractivity (Wildman–Crippen MR) is 62.7 cm³/mol. The van der Waals surface area contributed by atoms with Crippen LogP contribution in [0.5, 0.6) is 0 Å². The summed E-state index contributed by atoms with van der Waals surface area (Å²) >= 11 is 0. The molecule has 1 amide bonds. The molecule has 4 nitrogen and oxygen atoms in total. The fraction of sp³-hybridized carbons (Fsp3) is 0.385. The summed E-state index contributed by atoms with van der Waals surface area (Å²) in [5, 5.41) is 0. The van der Waals surface area contributed by atoms with Crippen molar-refractivity contribution in [2.24, 2.45) is 0 Å². The summed E-state index contributed by atoms with van der Waals surface area (Å²) in [4.78, 5) is 24.1. The summed E-state index contributed by atoms with van der Waals surface area (Å²) in [6, 6.07) is 9.86. The third-order valence-corrected chi connectivity index (χ3v) is 2.78. The van der Waals surface area contributed by atoms with Gasteiger partial charge in [0.2, 0.25) is 0 Å². The second-order valence-corrected chi connectivity index (χ2v) is 4.25. The Hall–Kier alpha value is -1.84. The van der Waals surface area contributed by atoms with Crippen molar-refractivity contribution in [2.75, 3.05) is 13.2 Å². The van der Waals surface area contributed by atoms with Gasteiger partial charge in [0.1, 0.15) is 12.4 Å². The Labute approximate surface area is 100 Å². The molecule has 1 aromatic carbocycles. The van der Waals surface area contributed by atoms with Crippen molar-refractivity contribution >= 4 is 11.9 Å². The maximum atomic E-state index is 11.5. The summed E-state index contributed by atoms with van der Waals surface area (Å²) in [6.07, 6.45) is 0.334. The molecule has 1 fully saturated rings. The van der Waals surface area contributed by atoms with Crippen LogP contribution < -0.4 is 0 Å². The van der Waals surface area contributed by atoms with Crippen molar-refractivity contribution in [2.45, 2.75) is 19.4 Å². The summed E-state index contributed by atoms with van der Waals surface area (Å²) in [6.45, 7) is 1.97. The number of cyclic esters (lactones) is 1. The van der Waals surface area contributed by atoms with Crippen LogP contribution >= 0.6 is 0 Å². The number of nitrogens with zero attached hydrogens (tertiary/aromatic N) is 1. The lowest BCUT2D eigenvalue weighted by atomic mass is 10.1. The molecule has 1 aliphatic rings. The number of ether oxygens (including phenoxy) is 1. The number of amides is 1. The zero-order valence-corrected chi connectivity index (χ0v) is 9.76. The topological polar surface area (TPSA) is 46.6 Å². The highest BCUT2D eigenvalue weighted by Gasteiger charge is 2.33. The molecule has 1 atom stereocenters. The monoisotopic (exact) mass is 233 g/mol. The van der Waals surface area contributed by atoms with Gasteiger partial charge in [-0.3, -0.25) is 9.69 Å². The van der Waals surface area contributed by atoms with Gasteiger partial charge in [-0.1, -0.05) is 30.3 Å². The molecule has 1 saturated heterocycles. The molecule has 1 aromatic rings. The fourth-order valence-electron chi connectivity index (χ4n) is 1.98. The highest BCUT2D eigenvalue weighted by Crippen LogP contribution is 2.16. The maximum absolute atomic E-state index is 11.5. The number of carbonyl (C=O) groups excluding carboxylic acids is 2. The number of ketones is 1. The van der Waals surface area contributed by atoms with Gasteiger partial charge in [0.15, 0.2) is 0 Å². The lowest BCUT2D eigenvalue weighted by molar-refractivity contribution is -0.117. The van der Waals surface area contributed by atoms with E-state index in [-0.39, 0.29) is 24.5 Å². The molecule has 1 aliphatic heterocycles. The first-order valence-corrected chi connectivity index (χ1v) is 5.63. The molecule has 17 heavy (non-hydrogen) atoms. The molecular formula is C13H15NO3. The van der Waals surface area contributed by atoms with Crippen molar-refractivity contribution < 1.29 is 14.3 Å². The van der Waals surface area contributed by atoms with Gasteiger partial charge in [0.25, 0.3) is 0 Å². The van der Waals surface area contributed by atoms with Gasteiger partial charge in [0, 0.05) is 0 Å². The van der Waals surface area contributed by atoms with Crippen LogP contribution in [-0.2, 0) is 16.0 Å². The number of carbonyl (C=O) groups is 2. The summed E-state index contributed by atoms with van der Waals surface area (Å²) < 4.78 is 4.99. The lowest BCUT2D eigenvalue weighted by Crippen LogP contribution is -2.38. The largest absolute Gasteiger partial charge is 0.447 e. The van der Waals surface area contributed by atoms with E-state index < -0.39 is 0 Å². The van der Waals surface area contributed by atoms with Gasteiger partial charge >= 0.3 is 6.09 Å². The molecule has 0 saturated carbocycles. The quantitative estimate of drug-likeness (QED) is 0.794.